The second-order valence-electron chi connectivity index (χ2n) is 5.93. The van der Waals surface area contributed by atoms with Crippen LogP contribution in [-0.2, 0) is 11.3 Å². The Morgan fingerprint density at radius 3 is 2.80 bits per heavy atom. The molecule has 0 aliphatic carbocycles. The van der Waals surface area contributed by atoms with Crippen molar-refractivity contribution in [2.45, 2.75) is 39.3 Å². The van der Waals surface area contributed by atoms with E-state index in [-0.39, 0.29) is 17.8 Å². The van der Waals surface area contributed by atoms with E-state index in [0.29, 0.717) is 12.5 Å². The van der Waals surface area contributed by atoms with Gasteiger partial charge in [0.25, 0.3) is 5.91 Å². The Morgan fingerprint density at radius 2 is 2.15 bits per heavy atom. The highest BCUT2D eigenvalue weighted by molar-refractivity contribution is 5.79. The number of carbonyl (C=O) groups excluding carboxylic acids is 1. The molecule has 1 aliphatic heterocycles. The minimum Gasteiger partial charge on any atom is -0.347 e. The van der Waals surface area contributed by atoms with E-state index in [0.717, 1.165) is 18.7 Å². The predicted octanol–water partition coefficient (Wildman–Crippen LogP) is 1.15. The number of piperidine rings is 1. The quantitative estimate of drug-likeness (QED) is 0.851. The van der Waals surface area contributed by atoms with Crippen molar-refractivity contribution in [3.63, 3.8) is 0 Å². The van der Waals surface area contributed by atoms with Crippen LogP contribution in [0.15, 0.2) is 24.3 Å². The Balaban J connectivity index is 1.83. The van der Waals surface area contributed by atoms with E-state index in [4.69, 9.17) is 0 Å². The second kappa shape index (κ2) is 6.84. The van der Waals surface area contributed by atoms with Crippen molar-refractivity contribution < 1.29 is 14.1 Å². The molecule has 2 rings (SSSR count). The number of hydrogen-bond donors (Lipinski definition) is 2. The van der Waals surface area contributed by atoms with E-state index in [1.165, 1.54) is 29.9 Å². The third-order valence-electron chi connectivity index (χ3n) is 4.19. The zero-order valence-electron chi connectivity index (χ0n) is 12.3. The molecule has 1 aromatic rings. The first-order valence-electron chi connectivity index (χ1n) is 7.43. The van der Waals surface area contributed by atoms with E-state index < -0.39 is 0 Å². The third-order valence-corrected chi connectivity index (χ3v) is 4.19. The molecule has 2 N–H and O–H groups in total. The molecule has 1 aromatic carbocycles. The summed E-state index contributed by atoms with van der Waals surface area (Å²) in [6, 6.07) is 6.23. The first kappa shape index (κ1) is 15.0. The highest BCUT2D eigenvalue weighted by atomic mass is 19.1. The molecule has 0 saturated carbocycles. The highest BCUT2D eigenvalue weighted by Crippen LogP contribution is 2.06. The van der Waals surface area contributed by atoms with Crippen LogP contribution < -0.4 is 10.2 Å². The summed E-state index contributed by atoms with van der Waals surface area (Å²) in [4.78, 5) is 13.6. The zero-order valence-corrected chi connectivity index (χ0v) is 12.3. The maximum absolute atomic E-state index is 12.8. The van der Waals surface area contributed by atoms with Crippen LogP contribution in [0.5, 0.6) is 0 Å². The third kappa shape index (κ3) is 4.04. The Kier molecular flexibility index (Phi) is 5.12. The van der Waals surface area contributed by atoms with E-state index in [2.05, 4.69) is 12.2 Å². The molecule has 20 heavy (non-hydrogen) atoms. The normalized spacial score (nSPS) is 24.1. The number of hydrogen-bond acceptors (Lipinski definition) is 1. The molecule has 0 radical (unpaired) electrons. The number of halogens is 1. The van der Waals surface area contributed by atoms with Gasteiger partial charge in [-0.2, -0.15) is 0 Å². The highest BCUT2D eigenvalue weighted by Gasteiger charge is 2.28. The molecular formula is C16H24FN2O+. The van der Waals surface area contributed by atoms with Gasteiger partial charge in [0.2, 0.25) is 0 Å². The SMILES string of the molecule is C[C@@H]1CCC[NH+]([C@@H](C)C(=O)NCc2ccc(F)cc2)C1. The average molecular weight is 279 g/mol. The second-order valence-corrected chi connectivity index (χ2v) is 5.93. The zero-order chi connectivity index (χ0) is 14.5. The van der Waals surface area contributed by atoms with Crippen LogP contribution >= 0.6 is 0 Å². The molecule has 1 heterocycles. The van der Waals surface area contributed by atoms with Crippen LogP contribution in [0.2, 0.25) is 0 Å². The fourth-order valence-electron chi connectivity index (χ4n) is 2.85. The van der Waals surface area contributed by atoms with Gasteiger partial charge in [0, 0.05) is 12.5 Å². The van der Waals surface area contributed by atoms with E-state index in [1.807, 2.05) is 6.92 Å². The monoisotopic (exact) mass is 279 g/mol. The van der Waals surface area contributed by atoms with Crippen molar-refractivity contribution >= 4 is 5.91 Å². The van der Waals surface area contributed by atoms with Crippen molar-refractivity contribution in [3.05, 3.63) is 35.6 Å². The lowest BCUT2D eigenvalue weighted by Crippen LogP contribution is -3.18. The molecule has 1 fully saturated rings. The summed E-state index contributed by atoms with van der Waals surface area (Å²) in [5.41, 5.74) is 0.925. The minimum atomic E-state index is -0.250. The van der Waals surface area contributed by atoms with Gasteiger partial charge in [-0.1, -0.05) is 19.1 Å². The number of nitrogens with one attached hydrogen (secondary N) is 2. The molecule has 4 heteroatoms. The van der Waals surface area contributed by atoms with Crippen LogP contribution in [0.3, 0.4) is 0 Å². The number of likely N-dealkylation sites (tertiary alicyclic amines) is 1. The number of amides is 1. The standard InChI is InChI=1S/C16H23FN2O/c1-12-4-3-9-19(11-12)13(2)16(20)18-10-14-5-7-15(17)8-6-14/h5-8,12-13H,3-4,9-11H2,1-2H3,(H,18,20)/p+1/t12-,13+/m1/s1. The van der Waals surface area contributed by atoms with Crippen LogP contribution in [0, 0.1) is 11.7 Å². The van der Waals surface area contributed by atoms with Crippen molar-refractivity contribution in [1.82, 2.24) is 5.32 Å². The van der Waals surface area contributed by atoms with Crippen molar-refractivity contribution in [2.24, 2.45) is 5.92 Å². The number of quaternary nitrogens is 1. The van der Waals surface area contributed by atoms with Crippen LogP contribution in [0.25, 0.3) is 0 Å². The maximum Gasteiger partial charge on any atom is 0.278 e. The van der Waals surface area contributed by atoms with Gasteiger partial charge >= 0.3 is 0 Å². The van der Waals surface area contributed by atoms with Gasteiger partial charge in [-0.3, -0.25) is 4.79 Å². The summed E-state index contributed by atoms with van der Waals surface area (Å²) < 4.78 is 12.8. The Bertz CT molecular complexity index is 446. The maximum atomic E-state index is 12.8. The molecule has 110 valence electrons. The van der Waals surface area contributed by atoms with Crippen LogP contribution in [0.1, 0.15) is 32.3 Å². The fraction of sp³-hybridized carbons (Fsp3) is 0.562. The van der Waals surface area contributed by atoms with Gasteiger partial charge in [-0.05, 0) is 37.5 Å². The number of carbonyl (C=O) groups is 1. The molecular weight excluding hydrogens is 255 g/mol. The van der Waals surface area contributed by atoms with E-state index in [1.54, 1.807) is 12.1 Å². The van der Waals surface area contributed by atoms with Crippen molar-refractivity contribution in [3.8, 4) is 0 Å². The molecule has 0 aromatic heterocycles. The summed E-state index contributed by atoms with van der Waals surface area (Å²) in [6.45, 7) is 6.86. The lowest BCUT2D eigenvalue weighted by molar-refractivity contribution is -0.922. The number of benzene rings is 1. The van der Waals surface area contributed by atoms with Gasteiger partial charge in [-0.15, -0.1) is 0 Å². The Morgan fingerprint density at radius 1 is 1.45 bits per heavy atom. The van der Waals surface area contributed by atoms with Gasteiger partial charge in [0.1, 0.15) is 5.82 Å². The largest absolute Gasteiger partial charge is 0.347 e. The average Bonchev–Trinajstić information content (AvgIpc) is 2.45. The van der Waals surface area contributed by atoms with Gasteiger partial charge < -0.3 is 10.2 Å². The molecule has 3 atom stereocenters. The van der Waals surface area contributed by atoms with Gasteiger partial charge in [-0.25, -0.2) is 4.39 Å². The summed E-state index contributed by atoms with van der Waals surface area (Å²) >= 11 is 0. The summed E-state index contributed by atoms with van der Waals surface area (Å²) in [6.07, 6.45) is 2.47. The molecule has 1 aliphatic rings. The van der Waals surface area contributed by atoms with Gasteiger partial charge in [0.15, 0.2) is 6.04 Å². The molecule has 1 unspecified atom stereocenters. The molecule has 1 amide bonds. The fourth-order valence-corrected chi connectivity index (χ4v) is 2.85. The smallest absolute Gasteiger partial charge is 0.278 e. The topological polar surface area (TPSA) is 33.5 Å². The number of rotatable bonds is 4. The molecule has 1 saturated heterocycles. The van der Waals surface area contributed by atoms with Crippen molar-refractivity contribution in [1.29, 1.82) is 0 Å². The minimum absolute atomic E-state index is 0.0156. The van der Waals surface area contributed by atoms with E-state index in [9.17, 15) is 9.18 Å². The van der Waals surface area contributed by atoms with E-state index >= 15 is 0 Å². The lowest BCUT2D eigenvalue weighted by Gasteiger charge is -2.31. The first-order valence-corrected chi connectivity index (χ1v) is 7.43. The molecule has 0 spiro atoms. The molecule has 3 nitrogen and oxygen atoms in total. The molecule has 0 bridgehead atoms. The van der Waals surface area contributed by atoms with Crippen molar-refractivity contribution in [2.75, 3.05) is 13.1 Å². The summed E-state index contributed by atoms with van der Waals surface area (Å²) in [7, 11) is 0. The summed E-state index contributed by atoms with van der Waals surface area (Å²) in [5, 5.41) is 2.95. The Hall–Kier alpha value is -1.42. The van der Waals surface area contributed by atoms with Crippen LogP contribution in [0.4, 0.5) is 4.39 Å². The summed E-state index contributed by atoms with van der Waals surface area (Å²) in [5.74, 6) is 0.532. The first-order chi connectivity index (χ1) is 9.56. The Labute approximate surface area is 120 Å². The predicted molar refractivity (Wildman–Crippen MR) is 76.8 cm³/mol. The lowest BCUT2D eigenvalue weighted by atomic mass is 9.99. The van der Waals surface area contributed by atoms with Gasteiger partial charge in [0.05, 0.1) is 13.1 Å². The van der Waals surface area contributed by atoms with Crippen LogP contribution in [-0.4, -0.2) is 25.0 Å².